The smallest absolute Gasteiger partial charge is 0.492 e. The summed E-state index contributed by atoms with van der Waals surface area (Å²) in [7, 11) is -0.352. The number of Topliss-reactive ketones (excluding diaryl/α,β-unsaturated/α-hetero) is 1. The van der Waals surface area contributed by atoms with Gasteiger partial charge in [-0.2, -0.15) is 0 Å². The monoisotopic (exact) mass is 663 g/mol. The lowest BCUT2D eigenvalue weighted by Crippen LogP contribution is -2.63. The Labute approximate surface area is 281 Å². The first-order valence-corrected chi connectivity index (χ1v) is 17.3. The van der Waals surface area contributed by atoms with Crippen molar-refractivity contribution in [1.29, 1.82) is 0 Å². The molecule has 2 aromatic rings. The predicted octanol–water partition coefficient (Wildman–Crippen LogP) is 4.63. The summed E-state index contributed by atoms with van der Waals surface area (Å²) in [4.78, 5) is 40.9. The molecule has 0 aromatic heterocycles. The summed E-state index contributed by atoms with van der Waals surface area (Å²) >= 11 is 1.29. The fourth-order valence-corrected chi connectivity index (χ4v) is 9.51. The molecule has 0 unspecified atom stereocenters. The van der Waals surface area contributed by atoms with E-state index in [1.165, 1.54) is 37.1 Å². The highest BCUT2D eigenvalue weighted by Gasteiger charge is 2.68. The number of benzene rings is 2. The maximum atomic E-state index is 13.6. The van der Waals surface area contributed by atoms with Gasteiger partial charge in [-0.15, -0.1) is 18.3 Å². The van der Waals surface area contributed by atoms with Gasteiger partial charge in [-0.25, -0.2) is 0 Å². The van der Waals surface area contributed by atoms with Crippen LogP contribution in [0.1, 0.15) is 70.2 Å². The van der Waals surface area contributed by atoms with E-state index in [1.54, 1.807) is 24.3 Å². The first-order chi connectivity index (χ1) is 22.2. The molecule has 252 valence electrons. The molecule has 2 bridgehead atoms. The van der Waals surface area contributed by atoms with Crippen molar-refractivity contribution in [2.75, 3.05) is 18.2 Å². The minimum absolute atomic E-state index is 0.0218. The van der Waals surface area contributed by atoms with Crippen LogP contribution in [0.4, 0.5) is 5.69 Å². The second-order valence-corrected chi connectivity index (χ2v) is 15.2. The molecule has 1 amide bonds. The van der Waals surface area contributed by atoms with Crippen molar-refractivity contribution < 1.29 is 39.0 Å². The zero-order valence-corrected chi connectivity index (χ0v) is 28.6. The van der Waals surface area contributed by atoms with Crippen LogP contribution >= 0.6 is 11.8 Å². The Balaban J connectivity index is 1.32. The van der Waals surface area contributed by atoms with Gasteiger partial charge in [-0.1, -0.05) is 45.9 Å². The number of ether oxygens (including phenoxy) is 2. The van der Waals surface area contributed by atoms with Crippen molar-refractivity contribution in [1.82, 2.24) is 0 Å². The molecule has 11 heteroatoms. The van der Waals surface area contributed by atoms with E-state index in [0.717, 1.165) is 24.2 Å². The van der Waals surface area contributed by atoms with Gasteiger partial charge >= 0.3 is 13.1 Å². The molecule has 2 aromatic carbocycles. The number of rotatable bonds is 9. The average Bonchev–Trinajstić information content (AvgIpc) is 3.41. The highest BCUT2D eigenvalue weighted by Crippen LogP contribution is 2.68. The lowest BCUT2D eigenvalue weighted by molar-refractivity contribution is -0.205. The van der Waals surface area contributed by atoms with Crippen molar-refractivity contribution in [3.05, 3.63) is 60.7 Å². The Hall–Kier alpha value is -3.12. The van der Waals surface area contributed by atoms with Gasteiger partial charge in [0, 0.05) is 44.8 Å². The number of thioether (sulfide) groups is 1. The number of esters is 1. The SMILES string of the molecule is C=C[C@]1(C)C[C@@H](OC(=O)CSc2cccc(NC(=O)c3ccc(B(O)O)c(OC)c3)c2)[C@]2(C)[C@H](C)CC[C@]3(CCC(=O)[C@H]32)[C@@H](C)[C@@H]1O. The van der Waals surface area contributed by atoms with Crippen molar-refractivity contribution in [2.24, 2.45) is 34.0 Å². The summed E-state index contributed by atoms with van der Waals surface area (Å²) in [6.07, 6.45) is 3.89. The molecule has 3 saturated carbocycles. The Kier molecular flexibility index (Phi) is 10.0. The van der Waals surface area contributed by atoms with Crippen LogP contribution in [0, 0.1) is 34.0 Å². The third-order valence-electron chi connectivity index (χ3n) is 11.8. The molecule has 3 aliphatic rings. The predicted molar refractivity (Wildman–Crippen MR) is 183 cm³/mol. The van der Waals surface area contributed by atoms with Crippen LogP contribution in [0.15, 0.2) is 60.0 Å². The Bertz CT molecular complexity index is 1550. The van der Waals surface area contributed by atoms with Gasteiger partial charge in [-0.05, 0) is 73.3 Å². The molecule has 0 aliphatic heterocycles. The van der Waals surface area contributed by atoms with Crippen molar-refractivity contribution >= 4 is 47.7 Å². The maximum Gasteiger partial charge on any atom is 0.492 e. The zero-order chi connectivity index (χ0) is 34.3. The van der Waals surface area contributed by atoms with Crippen LogP contribution < -0.4 is 15.5 Å². The van der Waals surface area contributed by atoms with Crippen LogP contribution in [0.5, 0.6) is 5.75 Å². The summed E-state index contributed by atoms with van der Waals surface area (Å²) < 4.78 is 11.5. The normalized spacial score (nSPS) is 33.2. The number of nitrogens with one attached hydrogen (secondary N) is 1. The molecule has 5 rings (SSSR count). The molecule has 9 nitrogen and oxygen atoms in total. The Morgan fingerprint density at radius 3 is 2.57 bits per heavy atom. The fourth-order valence-electron chi connectivity index (χ4n) is 8.77. The number of anilines is 1. The summed E-state index contributed by atoms with van der Waals surface area (Å²) in [5, 5.41) is 33.6. The lowest BCUT2D eigenvalue weighted by atomic mass is 9.44. The van der Waals surface area contributed by atoms with E-state index in [-0.39, 0.29) is 51.5 Å². The summed E-state index contributed by atoms with van der Waals surface area (Å²) in [6.45, 7) is 12.4. The number of aliphatic hydroxyl groups is 1. The van der Waals surface area contributed by atoms with Gasteiger partial charge in [0.25, 0.3) is 5.91 Å². The number of ketones is 1. The molecule has 4 N–H and O–H groups in total. The second kappa shape index (κ2) is 13.4. The Morgan fingerprint density at radius 1 is 1.15 bits per heavy atom. The Morgan fingerprint density at radius 2 is 1.89 bits per heavy atom. The van der Waals surface area contributed by atoms with Crippen LogP contribution in [0.25, 0.3) is 0 Å². The summed E-state index contributed by atoms with van der Waals surface area (Å²) in [6, 6.07) is 11.4. The van der Waals surface area contributed by atoms with E-state index in [9.17, 15) is 29.5 Å². The number of amides is 1. The van der Waals surface area contributed by atoms with Gasteiger partial charge < -0.3 is 29.9 Å². The van der Waals surface area contributed by atoms with Crippen molar-refractivity contribution in [3.8, 4) is 5.75 Å². The van der Waals surface area contributed by atoms with E-state index >= 15 is 0 Å². The molecule has 0 radical (unpaired) electrons. The molecule has 0 heterocycles. The number of hydrogen-bond donors (Lipinski definition) is 4. The van der Waals surface area contributed by atoms with Crippen LogP contribution in [0.2, 0.25) is 0 Å². The number of carbonyl (C=O) groups is 3. The largest absolute Gasteiger partial charge is 0.497 e. The number of carbonyl (C=O) groups excluding carboxylic acids is 3. The van der Waals surface area contributed by atoms with Gasteiger partial charge in [0.1, 0.15) is 17.6 Å². The fraction of sp³-hybridized carbons (Fsp3) is 0.528. The number of aliphatic hydroxyl groups excluding tert-OH is 1. The quantitative estimate of drug-likeness (QED) is 0.131. The van der Waals surface area contributed by atoms with Crippen LogP contribution in [0.3, 0.4) is 0 Å². The topological polar surface area (TPSA) is 142 Å². The molecular formula is C36H46BNO8S. The van der Waals surface area contributed by atoms with E-state index in [0.29, 0.717) is 18.5 Å². The van der Waals surface area contributed by atoms with Crippen LogP contribution in [-0.4, -0.2) is 65.0 Å². The van der Waals surface area contributed by atoms with E-state index in [2.05, 4.69) is 32.7 Å². The van der Waals surface area contributed by atoms with E-state index in [4.69, 9.17) is 9.47 Å². The second-order valence-electron chi connectivity index (χ2n) is 14.2. The molecular weight excluding hydrogens is 617 g/mol. The summed E-state index contributed by atoms with van der Waals surface area (Å²) in [5.41, 5.74) is -0.676. The van der Waals surface area contributed by atoms with Crippen molar-refractivity contribution in [3.63, 3.8) is 0 Å². The lowest BCUT2D eigenvalue weighted by Gasteiger charge is -2.61. The standard InChI is InChI=1S/C36H46BNO8S/c1-7-34(4)19-29(35(5)21(2)13-15-36(22(3)32(34)41)16-14-27(39)31(35)36)46-30(40)20-47-25-10-8-9-24(18-25)38-33(42)23-11-12-26(37(43)44)28(17-23)45-6/h7-12,17-18,21-22,29,31-32,41,43-44H,1,13-16,19-20H2,2-6H3,(H,38,42)/t21-,22+,29-,31+,32+,34-,35+,36+/m1/s1. The first kappa shape index (κ1) is 35.2. The highest BCUT2D eigenvalue weighted by molar-refractivity contribution is 8.00. The highest BCUT2D eigenvalue weighted by atomic mass is 32.2. The molecule has 0 saturated heterocycles. The molecule has 8 atom stereocenters. The van der Waals surface area contributed by atoms with Gasteiger partial charge in [0.15, 0.2) is 0 Å². The van der Waals surface area contributed by atoms with Crippen molar-refractivity contribution in [2.45, 2.75) is 76.9 Å². The maximum absolute atomic E-state index is 13.6. The molecule has 3 fully saturated rings. The molecule has 0 spiro atoms. The van der Waals surface area contributed by atoms with Gasteiger partial charge in [0.05, 0.1) is 19.0 Å². The zero-order valence-electron chi connectivity index (χ0n) is 27.8. The molecule has 3 aliphatic carbocycles. The number of hydrogen-bond acceptors (Lipinski definition) is 9. The third-order valence-corrected chi connectivity index (χ3v) is 12.8. The average molecular weight is 664 g/mol. The first-order valence-electron chi connectivity index (χ1n) is 16.3. The minimum Gasteiger partial charge on any atom is -0.497 e. The van der Waals surface area contributed by atoms with Gasteiger partial charge in [-0.3, -0.25) is 14.4 Å². The molecule has 47 heavy (non-hydrogen) atoms. The third kappa shape index (κ3) is 6.27. The van der Waals surface area contributed by atoms with E-state index in [1.807, 2.05) is 13.0 Å². The van der Waals surface area contributed by atoms with Crippen LogP contribution in [-0.2, 0) is 14.3 Å². The van der Waals surface area contributed by atoms with E-state index < -0.39 is 42.0 Å². The number of methoxy groups -OCH3 is 1. The minimum atomic E-state index is -1.73. The van der Waals surface area contributed by atoms with Gasteiger partial charge in [0.2, 0.25) is 0 Å². The summed E-state index contributed by atoms with van der Waals surface area (Å²) in [5.74, 6) is -0.633.